The van der Waals surface area contributed by atoms with Crippen LogP contribution < -0.4 is 5.32 Å². The third-order valence-corrected chi connectivity index (χ3v) is 7.73. The number of aliphatic carboxylic acids is 1. The van der Waals surface area contributed by atoms with Gasteiger partial charge in [0.25, 0.3) is 0 Å². The van der Waals surface area contributed by atoms with Gasteiger partial charge < -0.3 is 15.2 Å². The first-order valence-corrected chi connectivity index (χ1v) is 12.9. The maximum Gasteiger partial charge on any atom is 0.325 e. The molecule has 182 valence electrons. The number of aryl methyl sites for hydroxylation is 1. The molecule has 4 heterocycles. The van der Waals surface area contributed by atoms with E-state index in [4.69, 9.17) is 4.74 Å². The van der Waals surface area contributed by atoms with E-state index in [1.807, 2.05) is 24.4 Å². The van der Waals surface area contributed by atoms with Crippen LogP contribution in [-0.4, -0.2) is 57.8 Å². The van der Waals surface area contributed by atoms with Gasteiger partial charge in [0.15, 0.2) is 0 Å². The Bertz CT molecular complexity index is 980. The molecule has 2 unspecified atom stereocenters. The van der Waals surface area contributed by atoms with Crippen molar-refractivity contribution in [3.05, 3.63) is 53.5 Å². The fraction of sp³-hybridized carbons (Fsp3) is 0.593. The van der Waals surface area contributed by atoms with Crippen LogP contribution in [-0.2, 0) is 16.0 Å². The topological polar surface area (TPSA) is 87.6 Å². The predicted molar refractivity (Wildman–Crippen MR) is 131 cm³/mol. The fourth-order valence-corrected chi connectivity index (χ4v) is 5.62. The van der Waals surface area contributed by atoms with E-state index in [0.717, 1.165) is 81.6 Å². The van der Waals surface area contributed by atoms with Gasteiger partial charge in [-0.1, -0.05) is 18.6 Å². The lowest BCUT2D eigenvalue weighted by molar-refractivity contribution is -0.143. The Balaban J connectivity index is 1.07. The van der Waals surface area contributed by atoms with E-state index < -0.39 is 12.0 Å². The van der Waals surface area contributed by atoms with Crippen LogP contribution in [0.25, 0.3) is 0 Å². The first-order chi connectivity index (χ1) is 16.7. The standard InChI is InChI=1S/C27H36N4O3/c32-27(33)25(23-10-5-14-28-24(23)19-6-3-7-19)31-16-13-22(18-31)34-17-2-1-9-21-12-11-20-8-4-15-29-26(20)30-21/h4-5,8,10,14-15,19,21-22,25H,1-3,6-7,9,11-13,16-18H2,(H,29,30)(H,32,33)/t21?,22-,25?/m1/s1. The maximum absolute atomic E-state index is 12.3. The van der Waals surface area contributed by atoms with Crippen molar-refractivity contribution in [2.45, 2.75) is 81.9 Å². The summed E-state index contributed by atoms with van der Waals surface area (Å²) in [5.74, 6) is 0.670. The highest BCUT2D eigenvalue weighted by molar-refractivity contribution is 5.76. The van der Waals surface area contributed by atoms with Gasteiger partial charge in [0.2, 0.25) is 0 Å². The smallest absolute Gasteiger partial charge is 0.325 e. The molecular weight excluding hydrogens is 428 g/mol. The van der Waals surface area contributed by atoms with Gasteiger partial charge in [0.05, 0.1) is 6.10 Å². The molecule has 0 aromatic carbocycles. The van der Waals surface area contributed by atoms with E-state index in [2.05, 4.69) is 26.3 Å². The highest BCUT2D eigenvalue weighted by Gasteiger charge is 2.37. The van der Waals surface area contributed by atoms with Crippen molar-refractivity contribution in [3.8, 4) is 0 Å². The third kappa shape index (κ3) is 5.26. The molecule has 7 nitrogen and oxygen atoms in total. The van der Waals surface area contributed by atoms with Gasteiger partial charge >= 0.3 is 5.97 Å². The molecule has 34 heavy (non-hydrogen) atoms. The van der Waals surface area contributed by atoms with E-state index in [9.17, 15) is 9.90 Å². The molecule has 0 radical (unpaired) electrons. The molecule has 5 rings (SSSR count). The van der Waals surface area contributed by atoms with Crippen LogP contribution in [0.15, 0.2) is 36.7 Å². The number of aromatic nitrogens is 2. The summed E-state index contributed by atoms with van der Waals surface area (Å²) in [5, 5.41) is 13.7. The zero-order chi connectivity index (χ0) is 23.3. The Kier molecular flexibility index (Phi) is 7.40. The summed E-state index contributed by atoms with van der Waals surface area (Å²) in [5.41, 5.74) is 3.18. The molecule has 2 fully saturated rings. The molecular formula is C27H36N4O3. The Labute approximate surface area is 201 Å². The van der Waals surface area contributed by atoms with Gasteiger partial charge in [-0.05, 0) is 69.1 Å². The summed E-state index contributed by atoms with van der Waals surface area (Å²) in [7, 11) is 0. The van der Waals surface area contributed by atoms with Crippen LogP contribution >= 0.6 is 0 Å². The lowest BCUT2D eigenvalue weighted by Crippen LogP contribution is -2.35. The zero-order valence-electron chi connectivity index (χ0n) is 19.9. The van der Waals surface area contributed by atoms with Crippen LogP contribution in [0.3, 0.4) is 0 Å². The van der Waals surface area contributed by atoms with Crippen molar-refractivity contribution in [2.24, 2.45) is 0 Å². The quantitative estimate of drug-likeness (QED) is 0.499. The molecule has 2 aromatic heterocycles. The molecule has 2 aliphatic heterocycles. The van der Waals surface area contributed by atoms with Gasteiger partial charge in [-0.25, -0.2) is 4.98 Å². The largest absolute Gasteiger partial charge is 0.480 e. The van der Waals surface area contributed by atoms with Crippen LogP contribution in [0, 0.1) is 0 Å². The number of likely N-dealkylation sites (tertiary alicyclic amines) is 1. The minimum atomic E-state index is -0.787. The first-order valence-electron chi connectivity index (χ1n) is 12.9. The van der Waals surface area contributed by atoms with Crippen molar-refractivity contribution >= 4 is 11.8 Å². The number of nitrogens with zero attached hydrogens (tertiary/aromatic N) is 3. The van der Waals surface area contributed by atoms with Crippen molar-refractivity contribution in [3.63, 3.8) is 0 Å². The summed E-state index contributed by atoms with van der Waals surface area (Å²) in [4.78, 5) is 23.4. The number of fused-ring (bicyclic) bond motifs is 1. The van der Waals surface area contributed by atoms with E-state index in [0.29, 0.717) is 18.5 Å². The number of carboxylic acids is 1. The average Bonchev–Trinajstić information content (AvgIpc) is 3.27. The lowest BCUT2D eigenvalue weighted by atomic mass is 9.80. The number of nitrogens with one attached hydrogen (secondary N) is 1. The molecule has 2 aromatic rings. The summed E-state index contributed by atoms with van der Waals surface area (Å²) < 4.78 is 6.17. The predicted octanol–water partition coefficient (Wildman–Crippen LogP) is 4.56. The number of hydrogen-bond acceptors (Lipinski definition) is 6. The van der Waals surface area contributed by atoms with Gasteiger partial charge in [-0.3, -0.25) is 14.7 Å². The SMILES string of the molecule is O=C(O)C(c1cccnc1C1CCC1)N1CC[C@@H](OCCCCC2CCc3cccnc3N2)C1. The summed E-state index contributed by atoms with van der Waals surface area (Å²) in [6, 6.07) is 7.85. The normalized spacial score (nSPS) is 23.6. The monoisotopic (exact) mass is 464 g/mol. The zero-order valence-corrected chi connectivity index (χ0v) is 19.9. The minimum Gasteiger partial charge on any atom is -0.480 e. The van der Waals surface area contributed by atoms with Crippen molar-refractivity contribution in [1.29, 1.82) is 0 Å². The van der Waals surface area contributed by atoms with Crippen molar-refractivity contribution < 1.29 is 14.6 Å². The Morgan fingerprint density at radius 3 is 2.82 bits per heavy atom. The third-order valence-electron chi connectivity index (χ3n) is 7.73. The Morgan fingerprint density at radius 1 is 1.15 bits per heavy atom. The molecule has 0 bridgehead atoms. The van der Waals surface area contributed by atoms with Crippen LogP contribution in [0.4, 0.5) is 5.82 Å². The molecule has 1 aliphatic carbocycles. The molecule has 0 amide bonds. The number of carboxylic acid groups (broad SMARTS) is 1. The molecule has 3 aliphatic rings. The van der Waals surface area contributed by atoms with Crippen molar-refractivity contribution in [1.82, 2.24) is 14.9 Å². The molecule has 3 atom stereocenters. The number of pyridine rings is 2. The molecule has 2 N–H and O–H groups in total. The number of carbonyl (C=O) groups is 1. The number of rotatable bonds is 10. The lowest BCUT2D eigenvalue weighted by Gasteiger charge is -2.31. The summed E-state index contributed by atoms with van der Waals surface area (Å²) in [6.07, 6.45) is 13.6. The van der Waals surface area contributed by atoms with E-state index in [-0.39, 0.29) is 6.10 Å². The van der Waals surface area contributed by atoms with Crippen LogP contribution in [0.1, 0.15) is 80.1 Å². The van der Waals surface area contributed by atoms with Crippen LogP contribution in [0.5, 0.6) is 0 Å². The second-order valence-electron chi connectivity index (χ2n) is 10.0. The van der Waals surface area contributed by atoms with Crippen LogP contribution in [0.2, 0.25) is 0 Å². The highest BCUT2D eigenvalue weighted by atomic mass is 16.5. The molecule has 0 spiro atoms. The van der Waals surface area contributed by atoms with Gasteiger partial charge in [-0.15, -0.1) is 0 Å². The second-order valence-corrected chi connectivity index (χ2v) is 10.0. The minimum absolute atomic E-state index is 0.106. The molecule has 7 heteroatoms. The van der Waals surface area contributed by atoms with E-state index in [1.165, 1.54) is 12.0 Å². The van der Waals surface area contributed by atoms with Crippen molar-refractivity contribution in [2.75, 3.05) is 25.0 Å². The van der Waals surface area contributed by atoms with E-state index >= 15 is 0 Å². The second kappa shape index (κ2) is 10.8. The average molecular weight is 465 g/mol. The van der Waals surface area contributed by atoms with Gasteiger partial charge in [-0.2, -0.15) is 0 Å². The Morgan fingerprint density at radius 2 is 2.00 bits per heavy atom. The molecule has 1 saturated carbocycles. The number of hydrogen-bond donors (Lipinski definition) is 2. The summed E-state index contributed by atoms with van der Waals surface area (Å²) >= 11 is 0. The summed E-state index contributed by atoms with van der Waals surface area (Å²) in [6.45, 7) is 2.15. The number of unbranched alkanes of at least 4 members (excludes halogenated alkanes) is 1. The van der Waals surface area contributed by atoms with Gasteiger partial charge in [0, 0.05) is 55.3 Å². The number of ether oxygens (including phenoxy) is 1. The highest BCUT2D eigenvalue weighted by Crippen LogP contribution is 2.40. The maximum atomic E-state index is 12.3. The molecule has 1 saturated heterocycles. The van der Waals surface area contributed by atoms with Gasteiger partial charge in [0.1, 0.15) is 11.9 Å². The Hall–Kier alpha value is -2.51. The first kappa shape index (κ1) is 23.2. The fourth-order valence-electron chi connectivity index (χ4n) is 5.62. The van der Waals surface area contributed by atoms with E-state index in [1.54, 1.807) is 6.20 Å². The number of anilines is 1.